The van der Waals surface area contributed by atoms with E-state index in [4.69, 9.17) is 4.74 Å². The molecule has 1 aliphatic carbocycles. The van der Waals surface area contributed by atoms with Crippen LogP contribution in [-0.4, -0.2) is 44.5 Å². The Morgan fingerprint density at radius 2 is 1.79 bits per heavy atom. The minimum atomic E-state index is -0.0591. The number of ether oxygens (including phenoxy) is 1. The monoisotopic (exact) mass is 267 g/mol. The molecule has 110 valence electrons. The Kier molecular flexibility index (Phi) is 5.83. The number of aldehydes is 1. The Hall–Kier alpha value is -0.410. The molecule has 1 aliphatic heterocycles. The highest BCUT2D eigenvalue weighted by Crippen LogP contribution is 2.34. The summed E-state index contributed by atoms with van der Waals surface area (Å²) in [6.45, 7) is 3.90. The molecule has 19 heavy (non-hydrogen) atoms. The SMILES string of the molecule is CN(CC1CCOCC1)CC1(C=O)CCCCCC1. The first kappa shape index (κ1) is 15.0. The van der Waals surface area contributed by atoms with Crippen molar-refractivity contribution in [2.24, 2.45) is 11.3 Å². The molecular formula is C16H29NO2. The van der Waals surface area contributed by atoms with Gasteiger partial charge in [0.15, 0.2) is 0 Å². The highest BCUT2D eigenvalue weighted by atomic mass is 16.5. The summed E-state index contributed by atoms with van der Waals surface area (Å²) in [5.41, 5.74) is -0.0591. The van der Waals surface area contributed by atoms with Gasteiger partial charge in [-0.2, -0.15) is 0 Å². The van der Waals surface area contributed by atoms with Crippen LogP contribution in [0.3, 0.4) is 0 Å². The summed E-state index contributed by atoms with van der Waals surface area (Å²) in [4.78, 5) is 14.0. The van der Waals surface area contributed by atoms with E-state index in [0.29, 0.717) is 0 Å². The van der Waals surface area contributed by atoms with Gasteiger partial charge in [-0.3, -0.25) is 0 Å². The predicted molar refractivity (Wildman–Crippen MR) is 77.2 cm³/mol. The lowest BCUT2D eigenvalue weighted by Crippen LogP contribution is -2.39. The van der Waals surface area contributed by atoms with E-state index in [0.717, 1.165) is 45.1 Å². The molecule has 2 aliphatic rings. The molecule has 2 rings (SSSR count). The smallest absolute Gasteiger partial charge is 0.127 e. The van der Waals surface area contributed by atoms with Crippen molar-refractivity contribution in [2.75, 3.05) is 33.4 Å². The predicted octanol–water partition coefficient (Wildman–Crippen LogP) is 2.88. The van der Waals surface area contributed by atoms with Gasteiger partial charge in [-0.1, -0.05) is 25.7 Å². The van der Waals surface area contributed by atoms with E-state index < -0.39 is 0 Å². The Morgan fingerprint density at radius 3 is 2.37 bits per heavy atom. The van der Waals surface area contributed by atoms with Crippen LogP contribution in [0.15, 0.2) is 0 Å². The molecule has 1 heterocycles. The van der Waals surface area contributed by atoms with Gasteiger partial charge in [-0.25, -0.2) is 0 Å². The second kappa shape index (κ2) is 7.39. The molecule has 3 nitrogen and oxygen atoms in total. The third-order valence-electron chi connectivity index (χ3n) is 4.84. The van der Waals surface area contributed by atoms with Gasteiger partial charge in [0.05, 0.1) is 0 Å². The maximum atomic E-state index is 11.6. The van der Waals surface area contributed by atoms with E-state index in [9.17, 15) is 4.79 Å². The first-order chi connectivity index (χ1) is 9.24. The van der Waals surface area contributed by atoms with Crippen LogP contribution < -0.4 is 0 Å². The fraction of sp³-hybridized carbons (Fsp3) is 0.938. The van der Waals surface area contributed by atoms with Gasteiger partial charge in [0, 0.05) is 31.7 Å². The molecule has 0 radical (unpaired) electrons. The molecule has 0 aromatic heterocycles. The first-order valence-electron chi connectivity index (χ1n) is 7.97. The third-order valence-corrected chi connectivity index (χ3v) is 4.84. The fourth-order valence-electron chi connectivity index (χ4n) is 3.72. The van der Waals surface area contributed by atoms with Crippen molar-refractivity contribution in [1.82, 2.24) is 4.90 Å². The van der Waals surface area contributed by atoms with Gasteiger partial charge >= 0.3 is 0 Å². The molecule has 0 spiro atoms. The van der Waals surface area contributed by atoms with Crippen molar-refractivity contribution >= 4 is 6.29 Å². The maximum Gasteiger partial charge on any atom is 0.127 e. The van der Waals surface area contributed by atoms with Crippen LogP contribution in [0.4, 0.5) is 0 Å². The molecule has 0 atom stereocenters. The zero-order valence-electron chi connectivity index (χ0n) is 12.4. The van der Waals surface area contributed by atoms with Crippen molar-refractivity contribution in [1.29, 1.82) is 0 Å². The molecular weight excluding hydrogens is 238 g/mol. The summed E-state index contributed by atoms with van der Waals surface area (Å²) in [7, 11) is 2.19. The summed E-state index contributed by atoms with van der Waals surface area (Å²) in [5, 5.41) is 0. The summed E-state index contributed by atoms with van der Waals surface area (Å²) in [6, 6.07) is 0. The topological polar surface area (TPSA) is 29.5 Å². The Balaban J connectivity index is 1.83. The van der Waals surface area contributed by atoms with Crippen LogP contribution in [-0.2, 0) is 9.53 Å². The second-order valence-electron chi connectivity index (χ2n) is 6.65. The molecule has 1 saturated heterocycles. The Labute approximate surface area is 117 Å². The van der Waals surface area contributed by atoms with Gasteiger partial charge in [-0.05, 0) is 38.6 Å². The molecule has 1 saturated carbocycles. The van der Waals surface area contributed by atoms with Crippen LogP contribution in [0, 0.1) is 11.3 Å². The van der Waals surface area contributed by atoms with E-state index in [-0.39, 0.29) is 5.41 Å². The number of carbonyl (C=O) groups is 1. The highest BCUT2D eigenvalue weighted by Gasteiger charge is 2.32. The van der Waals surface area contributed by atoms with Crippen molar-refractivity contribution in [3.05, 3.63) is 0 Å². The summed E-state index contributed by atoms with van der Waals surface area (Å²) >= 11 is 0. The lowest BCUT2D eigenvalue weighted by molar-refractivity contribution is -0.118. The van der Waals surface area contributed by atoms with E-state index >= 15 is 0 Å². The van der Waals surface area contributed by atoms with E-state index in [2.05, 4.69) is 11.9 Å². The lowest BCUT2D eigenvalue weighted by atomic mass is 9.81. The minimum Gasteiger partial charge on any atom is -0.381 e. The standard InChI is InChI=1S/C16H29NO2/c1-17(12-15-6-10-19-11-7-15)13-16(14-18)8-4-2-3-5-9-16/h14-15H,2-13H2,1H3. The molecule has 0 amide bonds. The minimum absolute atomic E-state index is 0.0591. The fourth-order valence-corrected chi connectivity index (χ4v) is 3.72. The molecule has 0 N–H and O–H groups in total. The average Bonchev–Trinajstić information content (AvgIpc) is 2.66. The van der Waals surface area contributed by atoms with E-state index in [1.807, 2.05) is 0 Å². The number of hydrogen-bond acceptors (Lipinski definition) is 3. The largest absolute Gasteiger partial charge is 0.381 e. The number of rotatable bonds is 5. The first-order valence-corrected chi connectivity index (χ1v) is 7.97. The summed E-state index contributed by atoms with van der Waals surface area (Å²) < 4.78 is 5.41. The Morgan fingerprint density at radius 1 is 1.16 bits per heavy atom. The molecule has 0 aromatic rings. The van der Waals surface area contributed by atoms with Crippen LogP contribution in [0.5, 0.6) is 0 Å². The Bertz CT molecular complexity index is 266. The third kappa shape index (κ3) is 4.57. The molecule has 2 fully saturated rings. The van der Waals surface area contributed by atoms with Gasteiger partial charge in [0.25, 0.3) is 0 Å². The van der Waals surface area contributed by atoms with Gasteiger partial charge < -0.3 is 14.4 Å². The average molecular weight is 267 g/mol. The number of nitrogens with zero attached hydrogens (tertiary/aromatic N) is 1. The van der Waals surface area contributed by atoms with Crippen molar-refractivity contribution in [3.63, 3.8) is 0 Å². The van der Waals surface area contributed by atoms with Crippen LogP contribution in [0.25, 0.3) is 0 Å². The summed E-state index contributed by atoms with van der Waals surface area (Å²) in [6.07, 6.45) is 10.9. The quantitative estimate of drug-likeness (QED) is 0.566. The molecule has 0 unspecified atom stereocenters. The van der Waals surface area contributed by atoms with Crippen molar-refractivity contribution < 1.29 is 9.53 Å². The van der Waals surface area contributed by atoms with Crippen LogP contribution in [0.1, 0.15) is 51.4 Å². The highest BCUT2D eigenvalue weighted by molar-refractivity contribution is 5.59. The van der Waals surface area contributed by atoms with Crippen molar-refractivity contribution in [2.45, 2.75) is 51.4 Å². The van der Waals surface area contributed by atoms with Crippen LogP contribution in [0.2, 0.25) is 0 Å². The van der Waals surface area contributed by atoms with Gasteiger partial charge in [0.2, 0.25) is 0 Å². The second-order valence-corrected chi connectivity index (χ2v) is 6.65. The number of carbonyl (C=O) groups excluding carboxylic acids is 1. The van der Waals surface area contributed by atoms with Crippen molar-refractivity contribution in [3.8, 4) is 0 Å². The van der Waals surface area contributed by atoms with Gasteiger partial charge in [-0.15, -0.1) is 0 Å². The maximum absolute atomic E-state index is 11.6. The zero-order valence-corrected chi connectivity index (χ0v) is 12.4. The lowest BCUT2D eigenvalue weighted by Gasteiger charge is -2.34. The zero-order chi connectivity index (χ0) is 13.6. The normalized spacial score (nSPS) is 25.2. The number of hydrogen-bond donors (Lipinski definition) is 0. The van der Waals surface area contributed by atoms with Gasteiger partial charge in [0.1, 0.15) is 6.29 Å². The van der Waals surface area contributed by atoms with Crippen LogP contribution >= 0.6 is 0 Å². The summed E-state index contributed by atoms with van der Waals surface area (Å²) in [5.74, 6) is 0.758. The molecule has 0 bridgehead atoms. The van der Waals surface area contributed by atoms with E-state index in [1.165, 1.54) is 44.8 Å². The molecule has 0 aromatic carbocycles. The molecule has 3 heteroatoms. The van der Waals surface area contributed by atoms with E-state index in [1.54, 1.807) is 0 Å².